The maximum absolute atomic E-state index is 12.2. The molecule has 0 radical (unpaired) electrons. The number of rotatable bonds is 3. The van der Waals surface area contributed by atoms with Crippen LogP contribution >= 0.6 is 0 Å². The molecule has 0 aliphatic heterocycles. The zero-order valence-corrected chi connectivity index (χ0v) is 11.1. The van der Waals surface area contributed by atoms with Crippen molar-refractivity contribution in [3.63, 3.8) is 0 Å². The maximum Gasteiger partial charge on any atom is 0.229 e. The lowest BCUT2D eigenvalue weighted by atomic mass is 9.94. The molecule has 104 valence electrons. The molecule has 2 rings (SSSR count). The molecule has 0 spiro atoms. The van der Waals surface area contributed by atoms with Crippen LogP contribution in [0, 0.1) is 5.92 Å². The van der Waals surface area contributed by atoms with Crippen molar-refractivity contribution in [2.45, 2.75) is 44.8 Å². The van der Waals surface area contributed by atoms with Crippen LogP contribution < -0.4 is 11.1 Å². The van der Waals surface area contributed by atoms with E-state index in [1.807, 2.05) is 24.3 Å². The van der Waals surface area contributed by atoms with E-state index < -0.39 is 0 Å². The Bertz CT molecular complexity index is 417. The first-order valence-corrected chi connectivity index (χ1v) is 6.97. The molecule has 1 amide bonds. The minimum atomic E-state index is -0.0833. The largest absolute Gasteiger partial charge is 0.392 e. The number of aliphatic hydroxyl groups excluding tert-OH is 1. The molecule has 1 saturated carbocycles. The van der Waals surface area contributed by atoms with E-state index in [1.54, 1.807) is 0 Å². The number of carbonyl (C=O) groups excluding carboxylic acids is 1. The first-order valence-electron chi connectivity index (χ1n) is 6.97. The molecule has 0 heterocycles. The quantitative estimate of drug-likeness (QED) is 0.729. The van der Waals surface area contributed by atoms with Crippen LogP contribution in [0.2, 0.25) is 0 Å². The molecule has 4 nitrogen and oxygen atoms in total. The summed E-state index contributed by atoms with van der Waals surface area (Å²) in [6.45, 7) is 0.0156. The van der Waals surface area contributed by atoms with E-state index >= 15 is 0 Å². The summed E-state index contributed by atoms with van der Waals surface area (Å²) in [5.74, 6) is -0.0637. The summed E-state index contributed by atoms with van der Waals surface area (Å²) in [5.41, 5.74) is 7.69. The van der Waals surface area contributed by atoms with Gasteiger partial charge in [-0.3, -0.25) is 4.79 Å². The number of aliphatic hydroxyl groups is 1. The highest BCUT2D eigenvalue weighted by atomic mass is 16.3. The summed E-state index contributed by atoms with van der Waals surface area (Å²) in [6, 6.07) is 7.21. The average molecular weight is 262 g/mol. The predicted molar refractivity (Wildman–Crippen MR) is 75.5 cm³/mol. The summed E-state index contributed by atoms with van der Waals surface area (Å²) in [6.07, 6.45) is 5.18. The third-order valence-electron chi connectivity index (χ3n) is 3.81. The van der Waals surface area contributed by atoms with Gasteiger partial charge in [-0.25, -0.2) is 0 Å². The van der Waals surface area contributed by atoms with E-state index in [-0.39, 0.29) is 24.5 Å². The molecule has 1 aromatic carbocycles. The van der Waals surface area contributed by atoms with Gasteiger partial charge in [-0.15, -0.1) is 0 Å². The lowest BCUT2D eigenvalue weighted by Gasteiger charge is -2.20. The number of hydrogen-bond donors (Lipinski definition) is 3. The van der Waals surface area contributed by atoms with Gasteiger partial charge in [0.2, 0.25) is 5.91 Å². The fourth-order valence-electron chi connectivity index (χ4n) is 2.59. The molecule has 1 aliphatic rings. The second-order valence-electron chi connectivity index (χ2n) is 5.25. The fraction of sp³-hybridized carbons (Fsp3) is 0.533. The molecule has 1 fully saturated rings. The highest BCUT2D eigenvalue weighted by Crippen LogP contribution is 2.23. The van der Waals surface area contributed by atoms with E-state index in [2.05, 4.69) is 5.32 Å². The Morgan fingerprint density at radius 1 is 1.21 bits per heavy atom. The number of anilines is 1. The van der Waals surface area contributed by atoms with Gasteiger partial charge in [0.15, 0.2) is 0 Å². The zero-order valence-electron chi connectivity index (χ0n) is 11.1. The Morgan fingerprint density at radius 3 is 2.58 bits per heavy atom. The first kappa shape index (κ1) is 14.0. The van der Waals surface area contributed by atoms with Gasteiger partial charge in [-0.05, 0) is 30.5 Å². The Kier molecular flexibility index (Phi) is 4.93. The number of carbonyl (C=O) groups is 1. The van der Waals surface area contributed by atoms with Crippen LogP contribution in [0.25, 0.3) is 0 Å². The van der Waals surface area contributed by atoms with Gasteiger partial charge < -0.3 is 16.2 Å². The Labute approximate surface area is 114 Å². The predicted octanol–water partition coefficient (Wildman–Crippen LogP) is 2.02. The summed E-state index contributed by atoms with van der Waals surface area (Å²) in [7, 11) is 0. The summed E-state index contributed by atoms with van der Waals surface area (Å²) >= 11 is 0. The van der Waals surface area contributed by atoms with Crippen molar-refractivity contribution in [2.24, 2.45) is 11.7 Å². The molecule has 0 saturated heterocycles. The lowest BCUT2D eigenvalue weighted by Crippen LogP contribution is -2.37. The van der Waals surface area contributed by atoms with Gasteiger partial charge in [-0.1, -0.05) is 31.4 Å². The Balaban J connectivity index is 1.98. The number of hydrogen-bond acceptors (Lipinski definition) is 3. The van der Waals surface area contributed by atoms with Crippen LogP contribution in [0.5, 0.6) is 0 Å². The monoisotopic (exact) mass is 262 g/mol. The van der Waals surface area contributed by atoms with Gasteiger partial charge in [0.05, 0.1) is 12.5 Å². The molecule has 2 unspecified atom stereocenters. The standard InChI is InChI=1S/C15H22N2O2/c16-14-5-3-1-2-4-13(14)15(19)17-12-8-6-11(10-18)7-9-12/h6-9,13-14,18H,1-5,10,16H2,(H,17,19). The normalized spacial score (nSPS) is 23.7. The molecule has 4 N–H and O–H groups in total. The van der Waals surface area contributed by atoms with E-state index in [4.69, 9.17) is 10.8 Å². The highest BCUT2D eigenvalue weighted by molar-refractivity contribution is 5.93. The van der Waals surface area contributed by atoms with Crippen LogP contribution in [0.1, 0.15) is 37.7 Å². The molecule has 1 aromatic rings. The van der Waals surface area contributed by atoms with Crippen LogP contribution in [0.15, 0.2) is 24.3 Å². The smallest absolute Gasteiger partial charge is 0.229 e. The van der Waals surface area contributed by atoms with Gasteiger partial charge in [0, 0.05) is 11.7 Å². The summed E-state index contributed by atoms with van der Waals surface area (Å²) in [5, 5.41) is 11.9. The molecule has 2 atom stereocenters. The van der Waals surface area contributed by atoms with Crippen molar-refractivity contribution in [2.75, 3.05) is 5.32 Å². The van der Waals surface area contributed by atoms with Gasteiger partial charge in [-0.2, -0.15) is 0 Å². The van der Waals surface area contributed by atoms with E-state index in [0.29, 0.717) is 0 Å². The lowest BCUT2D eigenvalue weighted by molar-refractivity contribution is -0.120. The van der Waals surface area contributed by atoms with Gasteiger partial charge in [0.25, 0.3) is 0 Å². The second kappa shape index (κ2) is 6.68. The van der Waals surface area contributed by atoms with E-state index in [1.165, 1.54) is 6.42 Å². The van der Waals surface area contributed by atoms with E-state index in [9.17, 15) is 4.79 Å². The third kappa shape index (κ3) is 3.78. The minimum absolute atomic E-state index is 0.0156. The second-order valence-corrected chi connectivity index (χ2v) is 5.25. The molecule has 0 bridgehead atoms. The molecular weight excluding hydrogens is 240 g/mol. The van der Waals surface area contributed by atoms with Crippen molar-refractivity contribution < 1.29 is 9.90 Å². The van der Waals surface area contributed by atoms with Crippen LogP contribution in [-0.2, 0) is 11.4 Å². The number of benzene rings is 1. The van der Waals surface area contributed by atoms with E-state index in [0.717, 1.165) is 36.9 Å². The zero-order chi connectivity index (χ0) is 13.7. The molecule has 4 heteroatoms. The number of amides is 1. The number of nitrogens with two attached hydrogens (primary N) is 1. The molecule has 1 aliphatic carbocycles. The minimum Gasteiger partial charge on any atom is -0.392 e. The van der Waals surface area contributed by atoms with Crippen molar-refractivity contribution in [1.29, 1.82) is 0 Å². The fourth-order valence-corrected chi connectivity index (χ4v) is 2.59. The first-order chi connectivity index (χ1) is 9.20. The maximum atomic E-state index is 12.2. The molecule has 19 heavy (non-hydrogen) atoms. The topological polar surface area (TPSA) is 75.4 Å². The van der Waals surface area contributed by atoms with Crippen LogP contribution in [-0.4, -0.2) is 17.1 Å². The van der Waals surface area contributed by atoms with Crippen molar-refractivity contribution in [3.05, 3.63) is 29.8 Å². The van der Waals surface area contributed by atoms with Crippen molar-refractivity contribution in [1.82, 2.24) is 0 Å². The Morgan fingerprint density at radius 2 is 1.89 bits per heavy atom. The summed E-state index contributed by atoms with van der Waals surface area (Å²) in [4.78, 5) is 12.2. The Hall–Kier alpha value is -1.39. The van der Waals surface area contributed by atoms with Crippen molar-refractivity contribution in [3.8, 4) is 0 Å². The average Bonchev–Trinajstić information content (AvgIpc) is 2.64. The highest BCUT2D eigenvalue weighted by Gasteiger charge is 2.26. The van der Waals surface area contributed by atoms with Gasteiger partial charge >= 0.3 is 0 Å². The SMILES string of the molecule is NC1CCCCCC1C(=O)Nc1ccc(CO)cc1. The molecule has 0 aromatic heterocycles. The van der Waals surface area contributed by atoms with Gasteiger partial charge in [0.1, 0.15) is 0 Å². The third-order valence-corrected chi connectivity index (χ3v) is 3.81. The van der Waals surface area contributed by atoms with Crippen molar-refractivity contribution >= 4 is 11.6 Å². The molecular formula is C15H22N2O2. The number of nitrogens with one attached hydrogen (secondary N) is 1. The summed E-state index contributed by atoms with van der Waals surface area (Å²) < 4.78 is 0. The van der Waals surface area contributed by atoms with Crippen LogP contribution in [0.4, 0.5) is 5.69 Å². The van der Waals surface area contributed by atoms with Crippen LogP contribution in [0.3, 0.4) is 0 Å².